The monoisotopic (exact) mass is 329 g/mol. The van der Waals surface area contributed by atoms with E-state index in [4.69, 9.17) is 14.2 Å². The Bertz CT molecular complexity index is 671. The van der Waals surface area contributed by atoms with Crippen LogP contribution in [0, 0.1) is 6.92 Å². The topological polar surface area (TPSA) is 56.8 Å². The van der Waals surface area contributed by atoms with E-state index in [1.165, 1.54) is 0 Å². The highest BCUT2D eigenvalue weighted by atomic mass is 16.5. The summed E-state index contributed by atoms with van der Waals surface area (Å²) in [6, 6.07) is 13.2. The molecule has 0 aliphatic heterocycles. The molecule has 0 atom stereocenters. The van der Waals surface area contributed by atoms with Gasteiger partial charge in [-0.15, -0.1) is 0 Å². The van der Waals surface area contributed by atoms with Crippen LogP contribution < -0.4 is 19.5 Å². The number of methoxy groups -OCH3 is 2. The second kappa shape index (κ2) is 8.82. The molecule has 0 radical (unpaired) electrons. The molecule has 24 heavy (non-hydrogen) atoms. The van der Waals surface area contributed by atoms with Crippen LogP contribution in [0.1, 0.15) is 18.4 Å². The summed E-state index contributed by atoms with van der Waals surface area (Å²) in [4.78, 5) is 12.1. The molecule has 2 aromatic carbocycles. The molecular formula is C19H23NO4. The minimum atomic E-state index is -0.0537. The van der Waals surface area contributed by atoms with Gasteiger partial charge in [0.15, 0.2) is 11.5 Å². The fraction of sp³-hybridized carbons (Fsp3) is 0.316. The van der Waals surface area contributed by atoms with Gasteiger partial charge in [0.25, 0.3) is 0 Å². The van der Waals surface area contributed by atoms with Crippen LogP contribution in [-0.2, 0) is 4.79 Å². The van der Waals surface area contributed by atoms with Gasteiger partial charge in [-0.3, -0.25) is 4.79 Å². The van der Waals surface area contributed by atoms with Gasteiger partial charge >= 0.3 is 0 Å². The molecule has 2 aromatic rings. The first kappa shape index (κ1) is 17.7. The Morgan fingerprint density at radius 2 is 1.71 bits per heavy atom. The van der Waals surface area contributed by atoms with Crippen LogP contribution in [0.15, 0.2) is 42.5 Å². The maximum absolute atomic E-state index is 12.1. The number of aryl methyl sites for hydroxylation is 1. The van der Waals surface area contributed by atoms with Crippen molar-refractivity contribution in [3.05, 3.63) is 48.0 Å². The second-order valence-corrected chi connectivity index (χ2v) is 5.34. The number of carbonyl (C=O) groups excluding carboxylic acids is 1. The third kappa shape index (κ3) is 4.91. The van der Waals surface area contributed by atoms with Gasteiger partial charge in [-0.1, -0.05) is 18.2 Å². The molecule has 0 bridgehead atoms. The number of ether oxygens (including phenoxy) is 3. The summed E-state index contributed by atoms with van der Waals surface area (Å²) in [5.41, 5.74) is 1.64. The van der Waals surface area contributed by atoms with E-state index in [-0.39, 0.29) is 5.91 Å². The summed E-state index contributed by atoms with van der Waals surface area (Å²) < 4.78 is 16.1. The van der Waals surface area contributed by atoms with Crippen molar-refractivity contribution < 1.29 is 19.0 Å². The van der Waals surface area contributed by atoms with E-state index in [1.807, 2.05) is 43.3 Å². The Morgan fingerprint density at radius 1 is 1.04 bits per heavy atom. The van der Waals surface area contributed by atoms with Crippen molar-refractivity contribution in [3.63, 3.8) is 0 Å². The van der Waals surface area contributed by atoms with Crippen LogP contribution in [0.5, 0.6) is 17.2 Å². The largest absolute Gasteiger partial charge is 0.494 e. The lowest BCUT2D eigenvalue weighted by Gasteiger charge is -2.13. The van der Waals surface area contributed by atoms with Gasteiger partial charge in [-0.25, -0.2) is 0 Å². The molecule has 5 nitrogen and oxygen atoms in total. The van der Waals surface area contributed by atoms with E-state index in [9.17, 15) is 4.79 Å². The summed E-state index contributed by atoms with van der Waals surface area (Å²) in [5.74, 6) is 1.99. The molecule has 128 valence electrons. The molecule has 0 unspecified atom stereocenters. The predicted molar refractivity (Wildman–Crippen MR) is 94.1 cm³/mol. The number of amides is 1. The summed E-state index contributed by atoms with van der Waals surface area (Å²) >= 11 is 0. The molecule has 0 saturated carbocycles. The first-order valence-electron chi connectivity index (χ1n) is 7.84. The summed E-state index contributed by atoms with van der Waals surface area (Å²) in [6.07, 6.45) is 1.04. The zero-order chi connectivity index (χ0) is 17.4. The van der Waals surface area contributed by atoms with Crippen molar-refractivity contribution in [2.24, 2.45) is 0 Å². The van der Waals surface area contributed by atoms with E-state index >= 15 is 0 Å². The number of nitrogens with one attached hydrogen (secondary N) is 1. The van der Waals surface area contributed by atoms with Crippen LogP contribution in [0.2, 0.25) is 0 Å². The number of rotatable bonds is 8. The zero-order valence-electron chi connectivity index (χ0n) is 14.3. The Kier molecular flexibility index (Phi) is 6.49. The lowest BCUT2D eigenvalue weighted by Crippen LogP contribution is -2.14. The van der Waals surface area contributed by atoms with Crippen LogP contribution in [0.25, 0.3) is 0 Å². The summed E-state index contributed by atoms with van der Waals surface area (Å²) in [5, 5.41) is 2.90. The Morgan fingerprint density at radius 3 is 2.38 bits per heavy atom. The second-order valence-electron chi connectivity index (χ2n) is 5.34. The smallest absolute Gasteiger partial charge is 0.224 e. The summed E-state index contributed by atoms with van der Waals surface area (Å²) in [6.45, 7) is 2.42. The average molecular weight is 329 g/mol. The molecule has 0 heterocycles. The highest BCUT2D eigenvalue weighted by Crippen LogP contribution is 2.32. The van der Waals surface area contributed by atoms with E-state index in [1.54, 1.807) is 20.3 Å². The van der Waals surface area contributed by atoms with E-state index < -0.39 is 0 Å². The Labute approximate surface area is 142 Å². The molecule has 2 rings (SSSR count). The minimum Gasteiger partial charge on any atom is -0.494 e. The van der Waals surface area contributed by atoms with Crippen molar-refractivity contribution >= 4 is 11.6 Å². The van der Waals surface area contributed by atoms with Crippen LogP contribution in [-0.4, -0.2) is 26.7 Å². The first-order valence-corrected chi connectivity index (χ1v) is 7.84. The number of hydrogen-bond acceptors (Lipinski definition) is 4. The molecule has 0 aliphatic carbocycles. The number of para-hydroxylation sites is 1. The molecule has 0 aromatic heterocycles. The van der Waals surface area contributed by atoms with Crippen LogP contribution in [0.3, 0.4) is 0 Å². The standard InChI is InChI=1S/C19H23NO4/c1-14-12-17(22-2)18(23-3)13-16(14)20-19(21)10-7-11-24-15-8-5-4-6-9-15/h4-6,8-9,12-13H,7,10-11H2,1-3H3,(H,20,21). The third-order valence-corrected chi connectivity index (χ3v) is 3.56. The van der Waals surface area contributed by atoms with Crippen molar-refractivity contribution in [2.75, 3.05) is 26.1 Å². The number of benzene rings is 2. The third-order valence-electron chi connectivity index (χ3n) is 3.56. The minimum absolute atomic E-state index is 0.0537. The van der Waals surface area contributed by atoms with Crippen molar-refractivity contribution in [1.29, 1.82) is 0 Å². The lowest BCUT2D eigenvalue weighted by atomic mass is 10.1. The maximum atomic E-state index is 12.1. The Hall–Kier alpha value is -2.69. The zero-order valence-corrected chi connectivity index (χ0v) is 14.3. The fourth-order valence-corrected chi connectivity index (χ4v) is 2.27. The maximum Gasteiger partial charge on any atom is 0.224 e. The van der Waals surface area contributed by atoms with Gasteiger partial charge in [0, 0.05) is 18.2 Å². The highest BCUT2D eigenvalue weighted by Gasteiger charge is 2.11. The lowest BCUT2D eigenvalue weighted by molar-refractivity contribution is -0.116. The van der Waals surface area contributed by atoms with Gasteiger partial charge in [0.2, 0.25) is 5.91 Å². The van der Waals surface area contributed by atoms with Crippen LogP contribution >= 0.6 is 0 Å². The first-order chi connectivity index (χ1) is 11.6. The van der Waals surface area contributed by atoms with E-state index in [2.05, 4.69) is 5.32 Å². The van der Waals surface area contributed by atoms with Gasteiger partial charge in [0.1, 0.15) is 5.75 Å². The average Bonchev–Trinajstić information content (AvgIpc) is 2.61. The van der Waals surface area contributed by atoms with Gasteiger partial charge in [-0.2, -0.15) is 0 Å². The Balaban J connectivity index is 1.84. The molecule has 0 saturated heterocycles. The van der Waals surface area contributed by atoms with Gasteiger partial charge in [0.05, 0.1) is 20.8 Å². The number of anilines is 1. The molecule has 1 amide bonds. The molecular weight excluding hydrogens is 306 g/mol. The van der Waals surface area contributed by atoms with Crippen molar-refractivity contribution in [2.45, 2.75) is 19.8 Å². The summed E-state index contributed by atoms with van der Waals surface area (Å²) in [7, 11) is 3.15. The van der Waals surface area contributed by atoms with Gasteiger partial charge < -0.3 is 19.5 Å². The normalized spacial score (nSPS) is 10.1. The van der Waals surface area contributed by atoms with Crippen molar-refractivity contribution in [1.82, 2.24) is 0 Å². The van der Waals surface area contributed by atoms with Crippen molar-refractivity contribution in [3.8, 4) is 17.2 Å². The quantitative estimate of drug-likeness (QED) is 0.748. The molecule has 0 aliphatic rings. The van der Waals surface area contributed by atoms with Gasteiger partial charge in [-0.05, 0) is 37.1 Å². The molecule has 1 N–H and O–H groups in total. The SMILES string of the molecule is COc1cc(C)c(NC(=O)CCCOc2ccccc2)cc1OC. The van der Waals surface area contributed by atoms with E-state index in [0.717, 1.165) is 17.0 Å². The molecule has 5 heteroatoms. The van der Waals surface area contributed by atoms with E-state index in [0.29, 0.717) is 30.9 Å². The number of carbonyl (C=O) groups is 1. The predicted octanol–water partition coefficient (Wildman–Crippen LogP) is 3.81. The fourth-order valence-electron chi connectivity index (χ4n) is 2.27. The molecule has 0 spiro atoms. The van der Waals surface area contributed by atoms with Crippen LogP contribution in [0.4, 0.5) is 5.69 Å². The number of hydrogen-bond donors (Lipinski definition) is 1. The molecule has 0 fully saturated rings. The highest BCUT2D eigenvalue weighted by molar-refractivity contribution is 5.92.